The fraction of sp³-hybridized carbons (Fsp3) is 0.500. The fourth-order valence-corrected chi connectivity index (χ4v) is 1.86. The van der Waals surface area contributed by atoms with Crippen molar-refractivity contribution in [1.82, 2.24) is 4.98 Å². The third-order valence-corrected chi connectivity index (χ3v) is 2.56. The smallest absolute Gasteiger partial charge is 0.141 e. The van der Waals surface area contributed by atoms with Gasteiger partial charge in [0.1, 0.15) is 11.6 Å². The Morgan fingerprint density at radius 1 is 1.57 bits per heavy atom. The number of nitrogens with zero attached hydrogens (tertiary/aromatic N) is 2. The predicted molar refractivity (Wildman–Crippen MR) is 51.6 cm³/mol. The number of anilines is 1. The van der Waals surface area contributed by atoms with Crippen LogP contribution in [0.2, 0.25) is 0 Å². The molecule has 3 nitrogen and oxygen atoms in total. The van der Waals surface area contributed by atoms with Gasteiger partial charge in [0.05, 0.1) is 12.3 Å². The molecule has 1 aliphatic rings. The summed E-state index contributed by atoms with van der Waals surface area (Å²) in [6.45, 7) is 2.61. The van der Waals surface area contributed by atoms with Crippen molar-refractivity contribution in [3.63, 3.8) is 0 Å². The molecule has 4 heteroatoms. The van der Waals surface area contributed by atoms with Crippen molar-refractivity contribution in [2.75, 3.05) is 11.4 Å². The topological polar surface area (TPSA) is 36.4 Å². The maximum absolute atomic E-state index is 12.6. The Balaban J connectivity index is 2.19. The highest BCUT2D eigenvalue weighted by Crippen LogP contribution is 2.23. The lowest BCUT2D eigenvalue weighted by Gasteiger charge is -2.21. The van der Waals surface area contributed by atoms with E-state index in [1.165, 1.54) is 12.3 Å². The number of aliphatic hydroxyl groups excluding tert-OH is 1. The number of aromatic nitrogens is 1. The second-order valence-corrected chi connectivity index (χ2v) is 3.73. The first-order valence-corrected chi connectivity index (χ1v) is 4.73. The van der Waals surface area contributed by atoms with Gasteiger partial charge in [0.15, 0.2) is 0 Å². The molecule has 2 atom stereocenters. The van der Waals surface area contributed by atoms with E-state index >= 15 is 0 Å². The maximum Gasteiger partial charge on any atom is 0.141 e. The van der Waals surface area contributed by atoms with Crippen LogP contribution >= 0.6 is 0 Å². The van der Waals surface area contributed by atoms with Crippen molar-refractivity contribution >= 4 is 5.82 Å². The van der Waals surface area contributed by atoms with E-state index in [4.69, 9.17) is 0 Å². The van der Waals surface area contributed by atoms with E-state index in [1.807, 2.05) is 11.8 Å². The molecular weight excluding hydrogens is 183 g/mol. The first-order valence-electron chi connectivity index (χ1n) is 4.73. The monoisotopic (exact) mass is 196 g/mol. The summed E-state index contributed by atoms with van der Waals surface area (Å²) in [7, 11) is 0. The summed E-state index contributed by atoms with van der Waals surface area (Å²) < 4.78 is 12.6. The summed E-state index contributed by atoms with van der Waals surface area (Å²) in [5.74, 6) is 0.400. The molecule has 1 fully saturated rings. The Hall–Kier alpha value is -1.16. The van der Waals surface area contributed by atoms with Gasteiger partial charge in [0.25, 0.3) is 0 Å². The highest BCUT2D eigenvalue weighted by atomic mass is 19.1. The lowest BCUT2D eigenvalue weighted by Crippen LogP contribution is -2.28. The standard InChI is InChI=1S/C10H13FN2O/c1-7-4-9(14)6-13(7)10-3-2-8(11)5-12-10/h2-3,5,7,9,14H,4,6H2,1H3. The first-order chi connectivity index (χ1) is 6.66. The average molecular weight is 196 g/mol. The van der Waals surface area contributed by atoms with Crippen molar-refractivity contribution in [2.45, 2.75) is 25.5 Å². The molecule has 1 saturated heterocycles. The Morgan fingerprint density at radius 2 is 2.36 bits per heavy atom. The van der Waals surface area contributed by atoms with Crippen LogP contribution in [0.5, 0.6) is 0 Å². The molecule has 2 unspecified atom stereocenters. The number of β-amino-alcohol motifs (C(OH)–C–C–N with tert-alkyl or cyclic N) is 1. The van der Waals surface area contributed by atoms with Crippen LogP contribution in [0.1, 0.15) is 13.3 Å². The van der Waals surface area contributed by atoms with Crippen molar-refractivity contribution in [2.24, 2.45) is 0 Å². The van der Waals surface area contributed by atoms with Gasteiger partial charge >= 0.3 is 0 Å². The quantitative estimate of drug-likeness (QED) is 0.732. The normalized spacial score (nSPS) is 26.9. The molecule has 0 bridgehead atoms. The van der Waals surface area contributed by atoms with Crippen LogP contribution in [0.15, 0.2) is 18.3 Å². The second kappa shape index (κ2) is 3.53. The van der Waals surface area contributed by atoms with Crippen LogP contribution in [0.3, 0.4) is 0 Å². The molecule has 2 heterocycles. The van der Waals surface area contributed by atoms with Crippen LogP contribution in [0.25, 0.3) is 0 Å². The van der Waals surface area contributed by atoms with E-state index in [9.17, 15) is 9.50 Å². The van der Waals surface area contributed by atoms with E-state index in [0.29, 0.717) is 6.54 Å². The summed E-state index contributed by atoms with van der Waals surface area (Å²) in [5, 5.41) is 9.44. The maximum atomic E-state index is 12.6. The van der Waals surface area contributed by atoms with Gasteiger partial charge in [-0.25, -0.2) is 9.37 Å². The summed E-state index contributed by atoms with van der Waals surface area (Å²) in [4.78, 5) is 5.98. The molecule has 2 rings (SSSR count). The zero-order valence-corrected chi connectivity index (χ0v) is 8.02. The van der Waals surface area contributed by atoms with Crippen molar-refractivity contribution < 1.29 is 9.50 Å². The number of hydrogen-bond acceptors (Lipinski definition) is 3. The average Bonchev–Trinajstić information content (AvgIpc) is 2.47. The van der Waals surface area contributed by atoms with E-state index in [2.05, 4.69) is 4.98 Å². The summed E-state index contributed by atoms with van der Waals surface area (Å²) >= 11 is 0. The Kier molecular flexibility index (Phi) is 2.37. The minimum Gasteiger partial charge on any atom is -0.391 e. The zero-order chi connectivity index (χ0) is 10.1. The van der Waals surface area contributed by atoms with E-state index in [-0.39, 0.29) is 18.0 Å². The number of aliphatic hydroxyl groups is 1. The predicted octanol–water partition coefficient (Wildman–Crippen LogP) is 1.18. The number of rotatable bonds is 1. The Labute approximate surface area is 82.2 Å². The molecule has 0 aliphatic carbocycles. The van der Waals surface area contributed by atoms with Crippen LogP contribution in [0, 0.1) is 5.82 Å². The van der Waals surface area contributed by atoms with Crippen molar-refractivity contribution in [3.8, 4) is 0 Å². The zero-order valence-electron chi connectivity index (χ0n) is 8.02. The van der Waals surface area contributed by atoms with E-state index in [1.54, 1.807) is 6.07 Å². The molecule has 1 aromatic heterocycles. The van der Waals surface area contributed by atoms with Gasteiger partial charge in [-0.05, 0) is 25.5 Å². The molecule has 0 amide bonds. The molecule has 0 spiro atoms. The minimum atomic E-state index is -0.332. The second-order valence-electron chi connectivity index (χ2n) is 3.73. The van der Waals surface area contributed by atoms with Gasteiger partial charge < -0.3 is 10.0 Å². The van der Waals surface area contributed by atoms with Crippen LogP contribution in [-0.2, 0) is 0 Å². The summed E-state index contributed by atoms with van der Waals surface area (Å²) in [5.41, 5.74) is 0. The van der Waals surface area contributed by atoms with E-state index in [0.717, 1.165) is 12.2 Å². The lowest BCUT2D eigenvalue weighted by atomic mass is 10.2. The lowest BCUT2D eigenvalue weighted by molar-refractivity contribution is 0.195. The Bertz CT molecular complexity index is 314. The molecule has 1 N–H and O–H groups in total. The minimum absolute atomic E-state index is 0.267. The van der Waals surface area contributed by atoms with Crippen molar-refractivity contribution in [1.29, 1.82) is 0 Å². The molecular formula is C10H13FN2O. The third-order valence-electron chi connectivity index (χ3n) is 2.56. The molecule has 0 radical (unpaired) electrons. The number of halogens is 1. The molecule has 1 aliphatic heterocycles. The number of hydrogen-bond donors (Lipinski definition) is 1. The molecule has 1 aromatic rings. The third kappa shape index (κ3) is 1.70. The van der Waals surface area contributed by atoms with Gasteiger partial charge in [0, 0.05) is 12.6 Å². The van der Waals surface area contributed by atoms with Gasteiger partial charge in [-0.15, -0.1) is 0 Å². The summed E-state index contributed by atoms with van der Waals surface area (Å²) in [6.07, 6.45) is 1.66. The van der Waals surface area contributed by atoms with Crippen molar-refractivity contribution in [3.05, 3.63) is 24.1 Å². The Morgan fingerprint density at radius 3 is 2.86 bits per heavy atom. The van der Waals surface area contributed by atoms with Crippen LogP contribution in [0.4, 0.5) is 10.2 Å². The molecule has 76 valence electrons. The number of pyridine rings is 1. The SMILES string of the molecule is CC1CC(O)CN1c1ccc(F)cn1. The molecule has 0 saturated carbocycles. The first kappa shape index (κ1) is 9.40. The van der Waals surface area contributed by atoms with Gasteiger partial charge in [-0.2, -0.15) is 0 Å². The fourth-order valence-electron chi connectivity index (χ4n) is 1.86. The highest BCUT2D eigenvalue weighted by Gasteiger charge is 2.28. The molecule has 0 aromatic carbocycles. The van der Waals surface area contributed by atoms with Crippen LogP contribution in [-0.4, -0.2) is 28.8 Å². The largest absolute Gasteiger partial charge is 0.391 e. The van der Waals surface area contributed by atoms with E-state index < -0.39 is 0 Å². The van der Waals surface area contributed by atoms with Gasteiger partial charge in [0.2, 0.25) is 0 Å². The van der Waals surface area contributed by atoms with Gasteiger partial charge in [-0.1, -0.05) is 0 Å². The van der Waals surface area contributed by atoms with Gasteiger partial charge in [-0.3, -0.25) is 0 Å². The highest BCUT2D eigenvalue weighted by molar-refractivity contribution is 5.40. The molecule has 14 heavy (non-hydrogen) atoms. The summed E-state index contributed by atoms with van der Waals surface area (Å²) in [6, 6.07) is 3.30. The van der Waals surface area contributed by atoms with Crippen LogP contribution < -0.4 is 4.90 Å².